The Hall–Kier alpha value is -2.34. The highest BCUT2D eigenvalue weighted by Gasteiger charge is 2.37. The molecule has 0 saturated carbocycles. The summed E-state index contributed by atoms with van der Waals surface area (Å²) in [6.07, 6.45) is 3.86. The van der Waals surface area contributed by atoms with Crippen molar-refractivity contribution in [3.8, 4) is 5.75 Å². The first-order valence-electron chi connectivity index (χ1n) is 8.77. The standard InChI is InChI=1S/C19H24N4O2/c1-11-4-5-14-17(10-25-18(14)12(11)2)22-19(24)16-8-20-7-15(16)13-6-21-23(3)9-13/h4-6,9,15-17,20H,7-8,10H2,1-3H3,(H,22,24)/t15-,16+,17?/m1/s1. The fourth-order valence-corrected chi connectivity index (χ4v) is 3.87. The van der Waals surface area contributed by atoms with Crippen LogP contribution in [0.2, 0.25) is 0 Å². The first-order chi connectivity index (χ1) is 12.0. The van der Waals surface area contributed by atoms with E-state index >= 15 is 0 Å². The first-order valence-corrected chi connectivity index (χ1v) is 8.77. The summed E-state index contributed by atoms with van der Waals surface area (Å²) in [5, 5.41) is 10.8. The number of aryl methyl sites for hydroxylation is 2. The lowest BCUT2D eigenvalue weighted by molar-refractivity contribution is -0.125. The smallest absolute Gasteiger partial charge is 0.225 e. The number of amides is 1. The molecule has 0 bridgehead atoms. The Labute approximate surface area is 147 Å². The molecule has 0 radical (unpaired) electrons. The lowest BCUT2D eigenvalue weighted by Gasteiger charge is -2.20. The average molecular weight is 340 g/mol. The summed E-state index contributed by atoms with van der Waals surface area (Å²) in [4.78, 5) is 12.9. The molecular formula is C19H24N4O2. The van der Waals surface area contributed by atoms with Crippen molar-refractivity contribution in [3.05, 3.63) is 46.8 Å². The normalized spacial score (nSPS) is 24.8. The number of carbonyl (C=O) groups is 1. The van der Waals surface area contributed by atoms with Gasteiger partial charge in [-0.3, -0.25) is 9.48 Å². The molecule has 25 heavy (non-hydrogen) atoms. The molecule has 2 aliphatic rings. The minimum absolute atomic E-state index is 0.0723. The number of fused-ring (bicyclic) bond motifs is 1. The minimum Gasteiger partial charge on any atom is -0.490 e. The topological polar surface area (TPSA) is 68.2 Å². The van der Waals surface area contributed by atoms with Crippen LogP contribution in [0.3, 0.4) is 0 Å². The van der Waals surface area contributed by atoms with Crippen molar-refractivity contribution < 1.29 is 9.53 Å². The van der Waals surface area contributed by atoms with Gasteiger partial charge in [0.2, 0.25) is 5.91 Å². The Morgan fingerprint density at radius 2 is 2.20 bits per heavy atom. The predicted molar refractivity (Wildman–Crippen MR) is 94.6 cm³/mol. The molecule has 2 aliphatic heterocycles. The van der Waals surface area contributed by atoms with Crippen molar-refractivity contribution >= 4 is 5.91 Å². The van der Waals surface area contributed by atoms with E-state index in [-0.39, 0.29) is 23.8 Å². The first kappa shape index (κ1) is 16.1. The Balaban J connectivity index is 1.51. The lowest BCUT2D eigenvalue weighted by atomic mass is 9.90. The van der Waals surface area contributed by atoms with Gasteiger partial charge in [0.25, 0.3) is 0 Å². The van der Waals surface area contributed by atoms with Gasteiger partial charge in [-0.15, -0.1) is 0 Å². The summed E-state index contributed by atoms with van der Waals surface area (Å²) in [7, 11) is 1.90. The number of rotatable bonds is 3. The second kappa shape index (κ2) is 6.19. The van der Waals surface area contributed by atoms with Gasteiger partial charge in [0.1, 0.15) is 12.4 Å². The maximum atomic E-state index is 12.9. The van der Waals surface area contributed by atoms with Crippen LogP contribution in [0.5, 0.6) is 5.75 Å². The monoisotopic (exact) mass is 340 g/mol. The number of benzene rings is 1. The molecule has 1 saturated heterocycles. The van der Waals surface area contributed by atoms with Gasteiger partial charge in [-0.1, -0.05) is 12.1 Å². The van der Waals surface area contributed by atoms with Crippen LogP contribution in [0.4, 0.5) is 0 Å². The molecule has 1 aromatic carbocycles. The largest absolute Gasteiger partial charge is 0.490 e. The third-order valence-corrected chi connectivity index (χ3v) is 5.50. The summed E-state index contributed by atoms with van der Waals surface area (Å²) in [5.41, 5.74) is 4.56. The summed E-state index contributed by atoms with van der Waals surface area (Å²) in [6.45, 7) is 6.15. The molecule has 2 N–H and O–H groups in total. The molecular weight excluding hydrogens is 316 g/mol. The van der Waals surface area contributed by atoms with Gasteiger partial charge in [0.05, 0.1) is 18.2 Å². The van der Waals surface area contributed by atoms with Crippen LogP contribution >= 0.6 is 0 Å². The molecule has 6 heteroatoms. The van der Waals surface area contributed by atoms with Gasteiger partial charge in [-0.2, -0.15) is 5.10 Å². The van der Waals surface area contributed by atoms with Gasteiger partial charge < -0.3 is 15.4 Å². The van der Waals surface area contributed by atoms with Crippen LogP contribution < -0.4 is 15.4 Å². The van der Waals surface area contributed by atoms with E-state index in [9.17, 15) is 4.79 Å². The Morgan fingerprint density at radius 1 is 1.36 bits per heavy atom. The van der Waals surface area contributed by atoms with E-state index in [2.05, 4.69) is 41.7 Å². The number of aromatic nitrogens is 2. The van der Waals surface area contributed by atoms with E-state index in [1.54, 1.807) is 4.68 Å². The van der Waals surface area contributed by atoms with Gasteiger partial charge >= 0.3 is 0 Å². The van der Waals surface area contributed by atoms with Crippen LogP contribution in [0.15, 0.2) is 24.5 Å². The average Bonchev–Trinajstić information content (AvgIpc) is 3.30. The van der Waals surface area contributed by atoms with Crippen LogP contribution in [0.25, 0.3) is 0 Å². The van der Waals surface area contributed by atoms with E-state index < -0.39 is 0 Å². The van der Waals surface area contributed by atoms with E-state index in [0.717, 1.165) is 29.0 Å². The SMILES string of the molecule is Cc1ccc2c(c1C)OCC2NC(=O)[C@H]1CNC[C@@H]1c1cnn(C)c1. The Bertz CT molecular complexity index is 814. The van der Waals surface area contributed by atoms with E-state index in [4.69, 9.17) is 4.74 Å². The second-order valence-corrected chi connectivity index (χ2v) is 7.12. The molecule has 4 rings (SSSR count). The highest BCUT2D eigenvalue weighted by atomic mass is 16.5. The van der Waals surface area contributed by atoms with Crippen molar-refractivity contribution in [1.82, 2.24) is 20.4 Å². The fraction of sp³-hybridized carbons (Fsp3) is 0.474. The quantitative estimate of drug-likeness (QED) is 0.890. The van der Waals surface area contributed by atoms with Crippen molar-refractivity contribution in [3.63, 3.8) is 0 Å². The van der Waals surface area contributed by atoms with Crippen LogP contribution in [-0.4, -0.2) is 35.4 Å². The van der Waals surface area contributed by atoms with Crippen LogP contribution in [0.1, 0.15) is 34.2 Å². The molecule has 6 nitrogen and oxygen atoms in total. The highest BCUT2D eigenvalue weighted by molar-refractivity contribution is 5.81. The van der Waals surface area contributed by atoms with Gasteiger partial charge in [-0.25, -0.2) is 0 Å². The lowest BCUT2D eigenvalue weighted by Crippen LogP contribution is -2.37. The van der Waals surface area contributed by atoms with Crippen LogP contribution in [0, 0.1) is 19.8 Å². The fourth-order valence-electron chi connectivity index (χ4n) is 3.87. The van der Waals surface area contributed by atoms with Crippen LogP contribution in [-0.2, 0) is 11.8 Å². The zero-order chi connectivity index (χ0) is 17.6. The number of ether oxygens (including phenoxy) is 1. The molecule has 3 atom stereocenters. The number of nitrogens with zero attached hydrogens (tertiary/aromatic N) is 2. The molecule has 132 valence electrons. The van der Waals surface area contributed by atoms with E-state index in [0.29, 0.717) is 13.2 Å². The molecule has 0 spiro atoms. The molecule has 1 unspecified atom stereocenters. The van der Waals surface area contributed by atoms with Gasteiger partial charge in [0.15, 0.2) is 0 Å². The zero-order valence-electron chi connectivity index (χ0n) is 14.9. The third-order valence-electron chi connectivity index (χ3n) is 5.50. The summed E-state index contributed by atoms with van der Waals surface area (Å²) >= 11 is 0. The highest BCUT2D eigenvalue weighted by Crippen LogP contribution is 2.37. The Morgan fingerprint density at radius 3 is 2.96 bits per heavy atom. The molecule has 3 heterocycles. The molecule has 1 amide bonds. The summed E-state index contributed by atoms with van der Waals surface area (Å²) in [6, 6.07) is 4.09. The van der Waals surface area contributed by atoms with Crippen molar-refractivity contribution in [2.75, 3.05) is 19.7 Å². The van der Waals surface area contributed by atoms with E-state index in [1.165, 1.54) is 5.56 Å². The molecule has 0 aliphatic carbocycles. The number of carbonyl (C=O) groups excluding carboxylic acids is 1. The summed E-state index contributed by atoms with van der Waals surface area (Å²) in [5.74, 6) is 1.09. The maximum Gasteiger partial charge on any atom is 0.225 e. The number of nitrogens with one attached hydrogen (secondary N) is 2. The zero-order valence-corrected chi connectivity index (χ0v) is 14.9. The van der Waals surface area contributed by atoms with Gasteiger partial charge in [-0.05, 0) is 30.5 Å². The Kier molecular flexibility index (Phi) is 4.00. The molecule has 1 aromatic heterocycles. The third kappa shape index (κ3) is 2.80. The maximum absolute atomic E-state index is 12.9. The van der Waals surface area contributed by atoms with Crippen molar-refractivity contribution in [2.24, 2.45) is 13.0 Å². The predicted octanol–water partition coefficient (Wildman–Crippen LogP) is 1.59. The molecule has 1 fully saturated rings. The second-order valence-electron chi connectivity index (χ2n) is 7.12. The number of hydrogen-bond donors (Lipinski definition) is 2. The number of hydrogen-bond acceptors (Lipinski definition) is 4. The van der Waals surface area contributed by atoms with E-state index in [1.807, 2.05) is 19.4 Å². The minimum atomic E-state index is -0.0835. The summed E-state index contributed by atoms with van der Waals surface area (Å²) < 4.78 is 7.64. The van der Waals surface area contributed by atoms with Gasteiger partial charge in [0, 0.05) is 37.8 Å². The molecule has 2 aromatic rings. The van der Waals surface area contributed by atoms with Crippen molar-refractivity contribution in [2.45, 2.75) is 25.8 Å². The van der Waals surface area contributed by atoms with Crippen molar-refractivity contribution in [1.29, 1.82) is 0 Å².